The summed E-state index contributed by atoms with van der Waals surface area (Å²) in [4.78, 5) is 2.44. The van der Waals surface area contributed by atoms with Gasteiger partial charge in [-0.05, 0) is 40.0 Å². The molecule has 2 nitrogen and oxygen atoms in total. The Hall–Kier alpha value is 0.130. The van der Waals surface area contributed by atoms with Crippen molar-refractivity contribution in [1.82, 2.24) is 10.2 Å². The fourth-order valence-corrected chi connectivity index (χ4v) is 2.34. The molecule has 1 aromatic carbocycles. The van der Waals surface area contributed by atoms with Crippen LogP contribution in [0.1, 0.15) is 5.56 Å². The lowest BCUT2D eigenvalue weighted by atomic mass is 10.1. The Bertz CT molecular complexity index is 360. The zero-order valence-corrected chi connectivity index (χ0v) is 13.2. The van der Waals surface area contributed by atoms with Crippen molar-refractivity contribution in [2.45, 2.75) is 6.42 Å². The van der Waals surface area contributed by atoms with E-state index in [-0.39, 0.29) is 30.6 Å². The minimum Gasteiger partial charge on any atom is -0.314 e. The van der Waals surface area contributed by atoms with Crippen LogP contribution in [0.5, 0.6) is 0 Å². The lowest BCUT2D eigenvalue weighted by Gasteiger charge is -2.27. The van der Waals surface area contributed by atoms with Crippen molar-refractivity contribution >= 4 is 40.7 Å². The zero-order valence-electron chi connectivity index (χ0n) is 9.99. The Morgan fingerprint density at radius 1 is 1.22 bits per heavy atom. The summed E-state index contributed by atoms with van der Waals surface area (Å²) in [5, 5.41) is 3.33. The van der Waals surface area contributed by atoms with Crippen molar-refractivity contribution in [3.05, 3.63) is 34.1 Å². The lowest BCUT2D eigenvalue weighted by molar-refractivity contribution is 0.244. The maximum absolute atomic E-state index is 13.0. The molecule has 0 spiro atoms. The quantitative estimate of drug-likeness (QED) is 0.892. The first kappa shape index (κ1) is 18.1. The van der Waals surface area contributed by atoms with Crippen LogP contribution in [-0.4, -0.2) is 37.6 Å². The monoisotopic (exact) mass is 358 g/mol. The second-order valence-electron chi connectivity index (χ2n) is 4.09. The van der Waals surface area contributed by atoms with Crippen molar-refractivity contribution in [3.63, 3.8) is 0 Å². The molecule has 1 saturated heterocycles. The van der Waals surface area contributed by atoms with Gasteiger partial charge < -0.3 is 10.2 Å². The third-order valence-corrected chi connectivity index (χ3v) is 3.52. The van der Waals surface area contributed by atoms with Crippen LogP contribution in [-0.2, 0) is 6.42 Å². The summed E-state index contributed by atoms with van der Waals surface area (Å²) >= 11 is 3.21. The molecule has 6 heteroatoms. The van der Waals surface area contributed by atoms with Gasteiger partial charge >= 0.3 is 0 Å². The van der Waals surface area contributed by atoms with Gasteiger partial charge in [0, 0.05) is 32.7 Å². The van der Waals surface area contributed by atoms with Crippen molar-refractivity contribution < 1.29 is 4.39 Å². The molecule has 0 aliphatic carbocycles. The van der Waals surface area contributed by atoms with E-state index >= 15 is 0 Å². The Balaban J connectivity index is 0.00000144. The molecule has 0 atom stereocenters. The molecule has 2 rings (SSSR count). The molecule has 0 aromatic heterocycles. The van der Waals surface area contributed by atoms with Gasteiger partial charge in [-0.25, -0.2) is 4.39 Å². The van der Waals surface area contributed by atoms with Crippen LogP contribution in [0.3, 0.4) is 0 Å². The van der Waals surface area contributed by atoms with E-state index in [0.717, 1.165) is 39.1 Å². The average molecular weight is 360 g/mol. The van der Waals surface area contributed by atoms with E-state index in [4.69, 9.17) is 0 Å². The average Bonchev–Trinajstić information content (AvgIpc) is 2.32. The Labute approximate surface area is 128 Å². The molecule has 0 unspecified atom stereocenters. The Morgan fingerprint density at radius 2 is 1.89 bits per heavy atom. The molecule has 18 heavy (non-hydrogen) atoms. The number of hydrogen-bond donors (Lipinski definition) is 1. The highest BCUT2D eigenvalue weighted by Crippen LogP contribution is 2.17. The number of piperazine rings is 1. The number of nitrogens with zero attached hydrogens (tertiary/aromatic N) is 1. The second-order valence-corrected chi connectivity index (χ2v) is 4.94. The van der Waals surface area contributed by atoms with Crippen LogP contribution in [0.4, 0.5) is 4.39 Å². The van der Waals surface area contributed by atoms with E-state index in [1.165, 1.54) is 11.6 Å². The predicted octanol–water partition coefficient (Wildman–Crippen LogP) is 2.88. The first-order chi connectivity index (χ1) is 7.75. The standard InChI is InChI=1S/C12H16BrFN2.2ClH/c13-11-9-10(1-2-12(11)14)3-6-16-7-4-15-5-8-16;;/h1-2,9,15H,3-8H2;2*1H. The van der Waals surface area contributed by atoms with Crippen molar-refractivity contribution in [1.29, 1.82) is 0 Å². The molecule has 0 radical (unpaired) electrons. The van der Waals surface area contributed by atoms with Gasteiger partial charge in [0.2, 0.25) is 0 Å². The molecule has 1 heterocycles. The van der Waals surface area contributed by atoms with Crippen LogP contribution in [0.25, 0.3) is 0 Å². The van der Waals surface area contributed by atoms with Gasteiger partial charge in [0.25, 0.3) is 0 Å². The van der Waals surface area contributed by atoms with Crippen LogP contribution in [0, 0.1) is 5.82 Å². The molecule has 0 bridgehead atoms. The zero-order chi connectivity index (χ0) is 11.4. The summed E-state index contributed by atoms with van der Waals surface area (Å²) in [6, 6.07) is 5.26. The molecular formula is C12H18BrCl2FN2. The SMILES string of the molecule is Cl.Cl.Fc1ccc(CCN2CCNCC2)cc1Br. The highest BCUT2D eigenvalue weighted by molar-refractivity contribution is 9.10. The molecular weight excluding hydrogens is 342 g/mol. The van der Waals surface area contributed by atoms with Crippen LogP contribution in [0.15, 0.2) is 22.7 Å². The third-order valence-electron chi connectivity index (χ3n) is 2.91. The van der Waals surface area contributed by atoms with Gasteiger partial charge in [0.05, 0.1) is 4.47 Å². The number of nitrogens with one attached hydrogen (secondary N) is 1. The topological polar surface area (TPSA) is 15.3 Å². The van der Waals surface area contributed by atoms with E-state index in [1.54, 1.807) is 0 Å². The van der Waals surface area contributed by atoms with E-state index in [0.29, 0.717) is 4.47 Å². The van der Waals surface area contributed by atoms with Gasteiger partial charge in [-0.3, -0.25) is 0 Å². The van der Waals surface area contributed by atoms with Gasteiger partial charge in [-0.15, -0.1) is 24.8 Å². The van der Waals surface area contributed by atoms with E-state index in [1.807, 2.05) is 12.1 Å². The van der Waals surface area contributed by atoms with Gasteiger partial charge in [-0.1, -0.05) is 6.07 Å². The minimum absolute atomic E-state index is 0. The molecule has 1 fully saturated rings. The third kappa shape index (κ3) is 5.41. The number of hydrogen-bond acceptors (Lipinski definition) is 2. The van der Waals surface area contributed by atoms with Crippen LogP contribution >= 0.6 is 40.7 Å². The van der Waals surface area contributed by atoms with Crippen LogP contribution < -0.4 is 5.32 Å². The maximum Gasteiger partial charge on any atom is 0.137 e. The maximum atomic E-state index is 13.0. The fourth-order valence-electron chi connectivity index (χ4n) is 1.92. The van der Waals surface area contributed by atoms with Crippen molar-refractivity contribution in [3.8, 4) is 0 Å². The van der Waals surface area contributed by atoms with E-state index in [2.05, 4.69) is 26.1 Å². The fraction of sp³-hybridized carbons (Fsp3) is 0.500. The highest BCUT2D eigenvalue weighted by Gasteiger charge is 2.09. The van der Waals surface area contributed by atoms with Crippen LogP contribution in [0.2, 0.25) is 0 Å². The summed E-state index contributed by atoms with van der Waals surface area (Å²) in [5.74, 6) is -0.189. The van der Waals surface area contributed by atoms with Gasteiger partial charge in [0.1, 0.15) is 5.82 Å². The minimum atomic E-state index is -0.189. The summed E-state index contributed by atoms with van der Waals surface area (Å²) in [7, 11) is 0. The lowest BCUT2D eigenvalue weighted by Crippen LogP contribution is -2.44. The largest absolute Gasteiger partial charge is 0.314 e. The summed E-state index contributed by atoms with van der Waals surface area (Å²) < 4.78 is 13.6. The Kier molecular flexibility index (Phi) is 9.17. The molecule has 0 saturated carbocycles. The molecule has 0 amide bonds. The first-order valence-corrected chi connectivity index (χ1v) is 6.42. The Morgan fingerprint density at radius 3 is 2.50 bits per heavy atom. The summed E-state index contributed by atoms with van der Waals surface area (Å²) in [5.41, 5.74) is 1.19. The van der Waals surface area contributed by atoms with Crippen molar-refractivity contribution in [2.24, 2.45) is 0 Å². The van der Waals surface area contributed by atoms with Gasteiger partial charge in [-0.2, -0.15) is 0 Å². The normalized spacial score (nSPS) is 15.7. The first-order valence-electron chi connectivity index (χ1n) is 5.63. The summed E-state index contributed by atoms with van der Waals surface area (Å²) in [6.45, 7) is 5.44. The molecule has 1 aromatic rings. The van der Waals surface area contributed by atoms with Crippen molar-refractivity contribution in [2.75, 3.05) is 32.7 Å². The molecule has 1 aliphatic heterocycles. The predicted molar refractivity (Wildman–Crippen MR) is 81.6 cm³/mol. The van der Waals surface area contributed by atoms with Gasteiger partial charge in [0.15, 0.2) is 0 Å². The second kappa shape index (κ2) is 9.10. The summed E-state index contributed by atoms with van der Waals surface area (Å²) in [6.07, 6.45) is 0.985. The molecule has 1 aliphatic rings. The molecule has 104 valence electrons. The smallest absolute Gasteiger partial charge is 0.137 e. The molecule has 1 N–H and O–H groups in total. The number of rotatable bonds is 3. The number of halogens is 4. The highest BCUT2D eigenvalue weighted by atomic mass is 79.9. The van der Waals surface area contributed by atoms with E-state index < -0.39 is 0 Å². The number of benzene rings is 1. The van der Waals surface area contributed by atoms with E-state index in [9.17, 15) is 4.39 Å².